The van der Waals surface area contributed by atoms with Crippen molar-refractivity contribution in [2.75, 3.05) is 6.54 Å². The number of allylic oxidation sites excluding steroid dienone is 5. The topological polar surface area (TPSA) is 46.2 Å². The Bertz CT molecular complexity index is 683. The van der Waals surface area contributed by atoms with Crippen molar-refractivity contribution in [3.8, 4) is 0 Å². The average molecular weight is 331 g/mol. The number of hydrogen-bond donors (Lipinski definition) is 1. The first-order valence-electron chi connectivity index (χ1n) is 8.17. The highest BCUT2D eigenvalue weighted by atomic mass is 32.2. The molecule has 1 aliphatic carbocycles. The van der Waals surface area contributed by atoms with Crippen molar-refractivity contribution in [2.24, 2.45) is 0 Å². The van der Waals surface area contributed by atoms with Crippen molar-refractivity contribution in [3.05, 3.63) is 65.8 Å². The summed E-state index contributed by atoms with van der Waals surface area (Å²) in [5.41, 5.74) is 2.20. The molecule has 1 aromatic carbocycles. The van der Waals surface area contributed by atoms with E-state index in [1.165, 1.54) is 19.3 Å². The second-order valence-electron chi connectivity index (χ2n) is 5.81. The molecule has 1 aliphatic rings. The molecule has 0 saturated carbocycles. The van der Waals surface area contributed by atoms with Gasteiger partial charge in [-0.3, -0.25) is 0 Å². The monoisotopic (exact) mass is 331 g/mol. The van der Waals surface area contributed by atoms with Gasteiger partial charge in [0, 0.05) is 6.54 Å². The maximum Gasteiger partial charge on any atom is 0.240 e. The van der Waals surface area contributed by atoms with Crippen LogP contribution in [0.1, 0.15) is 37.7 Å². The van der Waals surface area contributed by atoms with Crippen LogP contribution in [-0.4, -0.2) is 15.0 Å². The fourth-order valence-electron chi connectivity index (χ4n) is 2.42. The van der Waals surface area contributed by atoms with Crippen LogP contribution in [0, 0.1) is 6.92 Å². The van der Waals surface area contributed by atoms with Gasteiger partial charge in [0.25, 0.3) is 0 Å². The Morgan fingerprint density at radius 3 is 2.61 bits per heavy atom. The van der Waals surface area contributed by atoms with Crippen molar-refractivity contribution in [2.45, 2.75) is 43.9 Å². The van der Waals surface area contributed by atoms with Gasteiger partial charge in [0.2, 0.25) is 10.0 Å². The lowest BCUT2D eigenvalue weighted by molar-refractivity contribution is 0.585. The molecule has 0 aliphatic heterocycles. The summed E-state index contributed by atoms with van der Waals surface area (Å²) in [5.74, 6) is 0. The van der Waals surface area contributed by atoms with Gasteiger partial charge in [0.15, 0.2) is 0 Å². The summed E-state index contributed by atoms with van der Waals surface area (Å²) in [6.07, 6.45) is 16.3. The Labute approximate surface area is 139 Å². The smallest absolute Gasteiger partial charge is 0.207 e. The third kappa shape index (κ3) is 6.16. The lowest BCUT2D eigenvalue weighted by Crippen LogP contribution is -2.23. The van der Waals surface area contributed by atoms with Gasteiger partial charge >= 0.3 is 0 Å². The molecule has 1 N–H and O–H groups in total. The van der Waals surface area contributed by atoms with Gasteiger partial charge in [-0.1, -0.05) is 54.5 Å². The molecule has 0 fully saturated rings. The minimum absolute atomic E-state index is 0.293. The first-order valence-corrected chi connectivity index (χ1v) is 9.66. The van der Waals surface area contributed by atoms with E-state index in [1.54, 1.807) is 24.3 Å². The van der Waals surface area contributed by atoms with E-state index in [9.17, 15) is 8.42 Å². The summed E-state index contributed by atoms with van der Waals surface area (Å²) in [5, 5.41) is 0. The molecule has 0 radical (unpaired) electrons. The maximum absolute atomic E-state index is 12.2. The van der Waals surface area contributed by atoms with E-state index < -0.39 is 10.0 Å². The normalized spacial score (nSPS) is 20.3. The highest BCUT2D eigenvalue weighted by Crippen LogP contribution is 2.12. The molecule has 0 bridgehead atoms. The molecule has 23 heavy (non-hydrogen) atoms. The summed E-state index contributed by atoms with van der Waals surface area (Å²) in [6, 6.07) is 6.87. The van der Waals surface area contributed by atoms with Crippen LogP contribution in [0.25, 0.3) is 0 Å². The third-order valence-corrected chi connectivity index (χ3v) is 5.24. The van der Waals surface area contributed by atoms with Crippen molar-refractivity contribution in [1.29, 1.82) is 0 Å². The van der Waals surface area contributed by atoms with E-state index in [-0.39, 0.29) is 0 Å². The van der Waals surface area contributed by atoms with Gasteiger partial charge in [-0.2, -0.15) is 0 Å². The predicted molar refractivity (Wildman–Crippen MR) is 95.8 cm³/mol. The largest absolute Gasteiger partial charge is 0.240 e. The number of aryl methyl sites for hydroxylation is 1. The fourth-order valence-corrected chi connectivity index (χ4v) is 3.39. The number of rotatable bonds is 5. The summed E-state index contributed by atoms with van der Waals surface area (Å²) < 4.78 is 26.9. The molecule has 0 spiro atoms. The zero-order valence-electron chi connectivity index (χ0n) is 13.7. The van der Waals surface area contributed by atoms with Crippen molar-refractivity contribution < 1.29 is 8.42 Å². The lowest BCUT2D eigenvalue weighted by Gasteiger charge is -2.04. The van der Waals surface area contributed by atoms with Crippen LogP contribution in [0.4, 0.5) is 0 Å². The van der Waals surface area contributed by atoms with Crippen LogP contribution in [0.15, 0.2) is 65.1 Å². The van der Waals surface area contributed by atoms with Gasteiger partial charge in [-0.05, 0) is 50.3 Å². The Kier molecular flexibility index (Phi) is 6.81. The Hall–Kier alpha value is -1.65. The van der Waals surface area contributed by atoms with E-state index in [0.717, 1.165) is 24.0 Å². The summed E-state index contributed by atoms with van der Waals surface area (Å²) in [4.78, 5) is 0.304. The second-order valence-corrected chi connectivity index (χ2v) is 7.58. The molecule has 0 saturated heterocycles. The van der Waals surface area contributed by atoms with E-state index in [0.29, 0.717) is 11.4 Å². The van der Waals surface area contributed by atoms with Crippen LogP contribution in [0.5, 0.6) is 0 Å². The highest BCUT2D eigenvalue weighted by molar-refractivity contribution is 7.89. The zero-order chi connectivity index (χ0) is 16.5. The maximum atomic E-state index is 12.2. The number of benzene rings is 1. The molecule has 1 aromatic rings. The molecular formula is C19H25NO2S. The third-order valence-electron chi connectivity index (χ3n) is 3.80. The Balaban J connectivity index is 1.92. The first-order chi connectivity index (χ1) is 11.1. The molecule has 3 nitrogen and oxygen atoms in total. The SMILES string of the molecule is Cc1ccc(S(=O)(=O)NC/C=C/C2=C/CCCCC/C=C\2)cc1. The molecule has 0 atom stereocenters. The summed E-state index contributed by atoms with van der Waals surface area (Å²) >= 11 is 0. The molecule has 2 rings (SSSR count). The minimum Gasteiger partial charge on any atom is -0.207 e. The van der Waals surface area contributed by atoms with Crippen molar-refractivity contribution >= 4 is 10.0 Å². The Morgan fingerprint density at radius 2 is 1.83 bits per heavy atom. The molecule has 0 heterocycles. The number of nitrogens with one attached hydrogen (secondary N) is 1. The van der Waals surface area contributed by atoms with Gasteiger partial charge in [-0.15, -0.1) is 0 Å². The van der Waals surface area contributed by atoms with E-state index in [1.807, 2.05) is 19.1 Å². The standard InChI is InChI=1S/C19H25NO2S/c1-17-12-14-19(15-13-17)23(21,22)20-16-8-11-18-9-6-4-2-3-5-7-10-18/h6,8-15,20H,2-5,7,16H2,1H3/b9-6-,11-8+,18-10+. The van der Waals surface area contributed by atoms with Crippen molar-refractivity contribution in [3.63, 3.8) is 0 Å². The molecule has 0 amide bonds. The lowest BCUT2D eigenvalue weighted by atomic mass is 10.1. The van der Waals surface area contributed by atoms with E-state index in [4.69, 9.17) is 0 Å². The van der Waals surface area contributed by atoms with Gasteiger partial charge in [0.1, 0.15) is 0 Å². The molecule has 124 valence electrons. The summed E-state index contributed by atoms with van der Waals surface area (Å²) in [7, 11) is -3.44. The quantitative estimate of drug-likeness (QED) is 0.875. The first kappa shape index (κ1) is 17.7. The number of sulfonamides is 1. The number of hydrogen-bond acceptors (Lipinski definition) is 2. The van der Waals surface area contributed by atoms with Crippen LogP contribution in [0.3, 0.4) is 0 Å². The molecule has 0 unspecified atom stereocenters. The van der Waals surface area contributed by atoms with E-state index >= 15 is 0 Å². The van der Waals surface area contributed by atoms with Crippen LogP contribution in [-0.2, 0) is 10.0 Å². The zero-order valence-corrected chi connectivity index (χ0v) is 14.5. The van der Waals surface area contributed by atoms with Gasteiger partial charge in [0.05, 0.1) is 4.90 Å². The minimum atomic E-state index is -3.44. The van der Waals surface area contributed by atoms with Crippen LogP contribution in [0.2, 0.25) is 0 Å². The van der Waals surface area contributed by atoms with Gasteiger partial charge < -0.3 is 0 Å². The second kappa shape index (κ2) is 8.85. The fraction of sp³-hybridized carbons (Fsp3) is 0.368. The highest BCUT2D eigenvalue weighted by Gasteiger charge is 2.11. The van der Waals surface area contributed by atoms with Crippen LogP contribution >= 0.6 is 0 Å². The average Bonchev–Trinajstić information content (AvgIpc) is 2.66. The summed E-state index contributed by atoms with van der Waals surface area (Å²) in [6.45, 7) is 2.23. The van der Waals surface area contributed by atoms with Gasteiger partial charge in [-0.25, -0.2) is 13.1 Å². The van der Waals surface area contributed by atoms with Crippen LogP contribution < -0.4 is 4.72 Å². The molecule has 0 aromatic heterocycles. The Morgan fingerprint density at radius 1 is 1.09 bits per heavy atom. The molecular weight excluding hydrogens is 306 g/mol. The van der Waals surface area contributed by atoms with Crippen molar-refractivity contribution in [1.82, 2.24) is 4.72 Å². The van der Waals surface area contributed by atoms with E-state index in [2.05, 4.69) is 23.0 Å². The molecule has 4 heteroatoms. The predicted octanol–water partition coefficient (Wildman–Crippen LogP) is 4.28.